The first kappa shape index (κ1) is 21.2. The summed E-state index contributed by atoms with van der Waals surface area (Å²) in [6, 6.07) is 26.6. The molecule has 0 unspecified atom stereocenters. The third-order valence-corrected chi connectivity index (χ3v) is 6.91. The van der Waals surface area contributed by atoms with Crippen molar-refractivity contribution in [3.05, 3.63) is 118 Å². The van der Waals surface area contributed by atoms with Crippen molar-refractivity contribution in [3.8, 4) is 0 Å². The van der Waals surface area contributed by atoms with E-state index < -0.39 is 11.5 Å². The number of hydrogen-bond acceptors (Lipinski definition) is 5. The van der Waals surface area contributed by atoms with E-state index in [9.17, 15) is 14.0 Å². The van der Waals surface area contributed by atoms with Crippen LogP contribution in [0.15, 0.2) is 100 Å². The summed E-state index contributed by atoms with van der Waals surface area (Å²) in [6.45, 7) is 0.189. The predicted molar refractivity (Wildman–Crippen MR) is 137 cm³/mol. The molecule has 0 N–H and O–H groups in total. The smallest absolute Gasteiger partial charge is 0.349 e. The Morgan fingerprint density at radius 3 is 2.57 bits per heavy atom. The van der Waals surface area contributed by atoms with E-state index in [0.717, 1.165) is 16.3 Å². The molecule has 5 nitrogen and oxygen atoms in total. The van der Waals surface area contributed by atoms with Gasteiger partial charge in [0.15, 0.2) is 5.13 Å². The molecule has 0 aliphatic heterocycles. The number of aromatic nitrogens is 1. The lowest BCUT2D eigenvalue weighted by atomic mass is 10.0. The second kappa shape index (κ2) is 8.45. The SMILES string of the molecule is O=C(c1cc2c(ccc3ccccc32)oc1=O)N(Cc1ccccc1)c1nc2ccc(F)cc2s1. The fraction of sp³-hybridized carbons (Fsp3) is 0.0357. The molecule has 0 saturated heterocycles. The molecule has 2 heterocycles. The molecular weight excluding hydrogens is 463 g/mol. The number of anilines is 1. The van der Waals surface area contributed by atoms with E-state index in [1.54, 1.807) is 18.2 Å². The normalized spacial score (nSPS) is 11.3. The van der Waals surface area contributed by atoms with Gasteiger partial charge in [-0.2, -0.15) is 0 Å². The van der Waals surface area contributed by atoms with Crippen molar-refractivity contribution >= 4 is 54.3 Å². The zero-order valence-electron chi connectivity index (χ0n) is 18.3. The quantitative estimate of drug-likeness (QED) is 0.212. The number of nitrogens with zero attached hydrogens (tertiary/aromatic N) is 2. The Balaban J connectivity index is 1.52. The second-order valence-electron chi connectivity index (χ2n) is 8.13. The number of halogens is 1. The topological polar surface area (TPSA) is 63.4 Å². The Hall–Kier alpha value is -4.36. The average Bonchev–Trinajstić information content (AvgIpc) is 3.30. The standard InChI is InChI=1S/C28H17FN2O3S/c29-19-11-12-23-25(14-19)35-28(30-23)31(16-17-6-2-1-3-7-17)26(32)22-15-21-20-9-5-4-8-18(20)10-13-24(21)34-27(22)33/h1-15H,16H2. The van der Waals surface area contributed by atoms with Crippen molar-refractivity contribution in [3.63, 3.8) is 0 Å². The molecule has 0 aliphatic rings. The summed E-state index contributed by atoms with van der Waals surface area (Å²) >= 11 is 1.20. The van der Waals surface area contributed by atoms with Gasteiger partial charge in [0.2, 0.25) is 0 Å². The zero-order valence-corrected chi connectivity index (χ0v) is 19.1. The largest absolute Gasteiger partial charge is 0.422 e. The Labute approximate surface area is 202 Å². The summed E-state index contributed by atoms with van der Waals surface area (Å²) < 4.78 is 20.0. The molecule has 0 radical (unpaired) electrons. The number of fused-ring (bicyclic) bond motifs is 4. The van der Waals surface area contributed by atoms with Gasteiger partial charge in [0.1, 0.15) is 17.0 Å². The monoisotopic (exact) mass is 480 g/mol. The Morgan fingerprint density at radius 2 is 1.71 bits per heavy atom. The number of carbonyl (C=O) groups is 1. The molecule has 2 aromatic heterocycles. The molecule has 7 heteroatoms. The van der Waals surface area contributed by atoms with Crippen LogP contribution in [-0.4, -0.2) is 10.9 Å². The van der Waals surface area contributed by atoms with Crippen molar-refractivity contribution in [2.24, 2.45) is 0 Å². The van der Waals surface area contributed by atoms with Gasteiger partial charge in [-0.1, -0.05) is 72.0 Å². The maximum absolute atomic E-state index is 13.9. The molecule has 170 valence electrons. The van der Waals surface area contributed by atoms with Crippen LogP contribution in [0.4, 0.5) is 9.52 Å². The second-order valence-corrected chi connectivity index (χ2v) is 9.14. The van der Waals surface area contributed by atoms with Crippen LogP contribution in [0, 0.1) is 5.82 Å². The zero-order chi connectivity index (χ0) is 23.9. The van der Waals surface area contributed by atoms with Crippen molar-refractivity contribution in [2.45, 2.75) is 6.54 Å². The highest BCUT2D eigenvalue weighted by molar-refractivity contribution is 7.22. The molecule has 1 amide bonds. The fourth-order valence-electron chi connectivity index (χ4n) is 4.16. The lowest BCUT2D eigenvalue weighted by Gasteiger charge is -2.20. The minimum absolute atomic E-state index is 0.0878. The van der Waals surface area contributed by atoms with Gasteiger partial charge in [0.25, 0.3) is 5.91 Å². The summed E-state index contributed by atoms with van der Waals surface area (Å²) in [6.07, 6.45) is 0. The minimum Gasteiger partial charge on any atom is -0.422 e. The van der Waals surface area contributed by atoms with Crippen molar-refractivity contribution < 1.29 is 13.6 Å². The van der Waals surface area contributed by atoms with Crippen molar-refractivity contribution in [1.82, 2.24) is 4.98 Å². The van der Waals surface area contributed by atoms with E-state index in [1.807, 2.05) is 60.7 Å². The fourth-order valence-corrected chi connectivity index (χ4v) is 5.15. The molecule has 6 aromatic rings. The van der Waals surface area contributed by atoms with E-state index in [0.29, 0.717) is 26.3 Å². The van der Waals surface area contributed by atoms with Gasteiger partial charge in [-0.25, -0.2) is 14.2 Å². The van der Waals surface area contributed by atoms with E-state index >= 15 is 0 Å². The Kier molecular flexibility index (Phi) is 5.12. The van der Waals surface area contributed by atoms with Crippen molar-refractivity contribution in [2.75, 3.05) is 4.90 Å². The number of rotatable bonds is 4. The molecule has 0 fully saturated rings. The molecule has 0 bridgehead atoms. The highest BCUT2D eigenvalue weighted by Gasteiger charge is 2.25. The Bertz CT molecular complexity index is 1790. The number of hydrogen-bond donors (Lipinski definition) is 0. The van der Waals surface area contributed by atoms with Gasteiger partial charge >= 0.3 is 5.63 Å². The van der Waals surface area contributed by atoms with Gasteiger partial charge in [-0.3, -0.25) is 9.69 Å². The van der Waals surface area contributed by atoms with Crippen LogP contribution in [-0.2, 0) is 6.54 Å². The lowest BCUT2D eigenvalue weighted by Crippen LogP contribution is -2.33. The molecule has 0 spiro atoms. The lowest BCUT2D eigenvalue weighted by molar-refractivity contribution is 0.0981. The van der Waals surface area contributed by atoms with Crippen LogP contribution in [0.25, 0.3) is 32.0 Å². The summed E-state index contributed by atoms with van der Waals surface area (Å²) in [7, 11) is 0. The maximum Gasteiger partial charge on any atom is 0.349 e. The van der Waals surface area contributed by atoms with E-state index in [2.05, 4.69) is 4.98 Å². The van der Waals surface area contributed by atoms with Crippen molar-refractivity contribution in [1.29, 1.82) is 0 Å². The predicted octanol–water partition coefficient (Wildman–Crippen LogP) is 6.54. The van der Waals surface area contributed by atoms with E-state index in [1.165, 1.54) is 28.4 Å². The van der Waals surface area contributed by atoms with Crippen LogP contribution in [0.1, 0.15) is 15.9 Å². The highest BCUT2D eigenvalue weighted by atomic mass is 32.1. The summed E-state index contributed by atoms with van der Waals surface area (Å²) in [5, 5.41) is 2.91. The summed E-state index contributed by atoms with van der Waals surface area (Å²) in [4.78, 5) is 32.8. The molecule has 4 aromatic carbocycles. The third-order valence-electron chi connectivity index (χ3n) is 5.87. The van der Waals surface area contributed by atoms with Gasteiger partial charge < -0.3 is 4.42 Å². The first-order chi connectivity index (χ1) is 17.1. The van der Waals surface area contributed by atoms with Gasteiger partial charge in [-0.15, -0.1) is 0 Å². The number of amides is 1. The van der Waals surface area contributed by atoms with Crippen LogP contribution >= 0.6 is 11.3 Å². The van der Waals surface area contributed by atoms with Gasteiger partial charge in [-0.05, 0) is 46.7 Å². The number of carbonyl (C=O) groups excluding carboxylic acids is 1. The Morgan fingerprint density at radius 1 is 0.914 bits per heavy atom. The molecule has 35 heavy (non-hydrogen) atoms. The maximum atomic E-state index is 13.9. The van der Waals surface area contributed by atoms with Crippen LogP contribution in [0.5, 0.6) is 0 Å². The van der Waals surface area contributed by atoms with E-state index in [4.69, 9.17) is 4.42 Å². The van der Waals surface area contributed by atoms with E-state index in [-0.39, 0.29) is 17.9 Å². The first-order valence-corrected chi connectivity index (χ1v) is 11.8. The molecule has 0 atom stereocenters. The van der Waals surface area contributed by atoms with Gasteiger partial charge in [0.05, 0.1) is 16.8 Å². The van der Waals surface area contributed by atoms with Gasteiger partial charge in [0, 0.05) is 5.39 Å². The highest BCUT2D eigenvalue weighted by Crippen LogP contribution is 2.32. The molecular formula is C28H17FN2O3S. The first-order valence-electron chi connectivity index (χ1n) is 10.9. The summed E-state index contributed by atoms with van der Waals surface area (Å²) in [5.74, 6) is -0.910. The minimum atomic E-state index is -0.719. The number of thiazole rings is 1. The van der Waals surface area contributed by atoms with Crippen LogP contribution < -0.4 is 10.5 Å². The number of benzene rings is 4. The molecule has 0 aliphatic carbocycles. The summed E-state index contributed by atoms with van der Waals surface area (Å²) in [5.41, 5.74) is 1.05. The molecule has 6 rings (SSSR count). The third kappa shape index (κ3) is 3.86. The van der Waals surface area contributed by atoms with Crippen LogP contribution in [0.2, 0.25) is 0 Å². The average molecular weight is 481 g/mol. The molecule has 0 saturated carbocycles. The van der Waals surface area contributed by atoms with Crippen LogP contribution in [0.3, 0.4) is 0 Å².